The number of ether oxygens (including phenoxy) is 1. The van der Waals surface area contributed by atoms with Crippen LogP contribution in [0.4, 0.5) is 0 Å². The third-order valence-corrected chi connectivity index (χ3v) is 3.98. The first-order chi connectivity index (χ1) is 12.1. The van der Waals surface area contributed by atoms with Gasteiger partial charge in [-0.2, -0.15) is 0 Å². The molecule has 0 spiro atoms. The van der Waals surface area contributed by atoms with Gasteiger partial charge in [0.25, 0.3) is 5.91 Å². The molecule has 1 atom stereocenters. The molecular formula is C21H25NO3. The zero-order valence-electron chi connectivity index (χ0n) is 14.8. The SMILES string of the molecule is CCC(=O)c1ccc(OCC(=O)NC(C)CCc2ccccc2)cc1. The number of ketones is 1. The van der Waals surface area contributed by atoms with Crippen LogP contribution in [0.1, 0.15) is 42.6 Å². The van der Waals surface area contributed by atoms with Gasteiger partial charge in [-0.15, -0.1) is 0 Å². The van der Waals surface area contributed by atoms with Crippen LogP contribution in [0.2, 0.25) is 0 Å². The van der Waals surface area contributed by atoms with E-state index in [9.17, 15) is 9.59 Å². The van der Waals surface area contributed by atoms with Gasteiger partial charge in [-0.3, -0.25) is 9.59 Å². The fourth-order valence-corrected chi connectivity index (χ4v) is 2.51. The van der Waals surface area contributed by atoms with Crippen molar-refractivity contribution in [3.8, 4) is 5.75 Å². The molecule has 4 nitrogen and oxygen atoms in total. The Morgan fingerprint density at radius 2 is 1.72 bits per heavy atom. The summed E-state index contributed by atoms with van der Waals surface area (Å²) in [5.41, 5.74) is 1.93. The van der Waals surface area contributed by atoms with E-state index in [4.69, 9.17) is 4.74 Å². The number of carbonyl (C=O) groups excluding carboxylic acids is 2. The van der Waals surface area contributed by atoms with Gasteiger partial charge in [0.1, 0.15) is 5.75 Å². The fourth-order valence-electron chi connectivity index (χ4n) is 2.51. The summed E-state index contributed by atoms with van der Waals surface area (Å²) in [4.78, 5) is 23.5. The Morgan fingerprint density at radius 3 is 2.36 bits per heavy atom. The van der Waals surface area contributed by atoms with E-state index in [1.807, 2.05) is 32.0 Å². The number of nitrogens with one attached hydrogen (secondary N) is 1. The molecular weight excluding hydrogens is 314 g/mol. The topological polar surface area (TPSA) is 55.4 Å². The van der Waals surface area contributed by atoms with Crippen molar-refractivity contribution in [2.45, 2.75) is 39.2 Å². The number of benzene rings is 2. The Bertz CT molecular complexity index is 680. The van der Waals surface area contributed by atoms with Gasteiger partial charge in [-0.1, -0.05) is 37.3 Å². The Balaban J connectivity index is 1.71. The molecule has 1 unspecified atom stereocenters. The molecule has 0 saturated carbocycles. The normalized spacial score (nSPS) is 11.6. The van der Waals surface area contributed by atoms with E-state index in [-0.39, 0.29) is 24.3 Å². The third-order valence-electron chi connectivity index (χ3n) is 3.98. The van der Waals surface area contributed by atoms with Crippen molar-refractivity contribution in [3.63, 3.8) is 0 Å². The van der Waals surface area contributed by atoms with Crippen molar-refractivity contribution in [1.82, 2.24) is 5.32 Å². The summed E-state index contributed by atoms with van der Waals surface area (Å²) in [7, 11) is 0. The summed E-state index contributed by atoms with van der Waals surface area (Å²) < 4.78 is 5.48. The van der Waals surface area contributed by atoms with E-state index in [0.29, 0.717) is 17.7 Å². The second-order valence-corrected chi connectivity index (χ2v) is 6.08. The molecule has 25 heavy (non-hydrogen) atoms. The molecule has 0 aliphatic carbocycles. The van der Waals surface area contributed by atoms with Crippen molar-refractivity contribution >= 4 is 11.7 Å². The first kappa shape index (κ1) is 18.7. The van der Waals surface area contributed by atoms with Crippen LogP contribution in [0.15, 0.2) is 54.6 Å². The smallest absolute Gasteiger partial charge is 0.258 e. The minimum Gasteiger partial charge on any atom is -0.484 e. The van der Waals surface area contributed by atoms with Gasteiger partial charge in [0.2, 0.25) is 0 Å². The Kier molecular flexibility index (Phi) is 7.20. The minimum absolute atomic E-state index is 0.0310. The lowest BCUT2D eigenvalue weighted by Gasteiger charge is -2.14. The second-order valence-electron chi connectivity index (χ2n) is 6.08. The van der Waals surface area contributed by atoms with Crippen molar-refractivity contribution < 1.29 is 14.3 Å². The summed E-state index contributed by atoms with van der Waals surface area (Å²) in [6, 6.07) is 17.2. The number of hydrogen-bond donors (Lipinski definition) is 1. The molecule has 0 aliphatic rings. The van der Waals surface area contributed by atoms with Crippen molar-refractivity contribution in [2.75, 3.05) is 6.61 Å². The highest BCUT2D eigenvalue weighted by molar-refractivity contribution is 5.95. The summed E-state index contributed by atoms with van der Waals surface area (Å²) in [5.74, 6) is 0.533. The van der Waals surface area contributed by atoms with Crippen molar-refractivity contribution in [3.05, 3.63) is 65.7 Å². The van der Waals surface area contributed by atoms with Crippen LogP contribution in [0.25, 0.3) is 0 Å². The quantitative estimate of drug-likeness (QED) is 0.707. The Labute approximate surface area is 149 Å². The van der Waals surface area contributed by atoms with Crippen LogP contribution in [0.5, 0.6) is 5.75 Å². The van der Waals surface area contributed by atoms with Crippen LogP contribution in [-0.4, -0.2) is 24.3 Å². The van der Waals surface area contributed by atoms with E-state index in [0.717, 1.165) is 12.8 Å². The fraction of sp³-hybridized carbons (Fsp3) is 0.333. The van der Waals surface area contributed by atoms with E-state index in [1.54, 1.807) is 24.3 Å². The Hall–Kier alpha value is -2.62. The average Bonchev–Trinajstić information content (AvgIpc) is 2.65. The number of aryl methyl sites for hydroxylation is 1. The van der Waals surface area contributed by atoms with Gasteiger partial charge in [0, 0.05) is 18.0 Å². The molecule has 1 N–H and O–H groups in total. The van der Waals surface area contributed by atoms with Gasteiger partial charge in [0.05, 0.1) is 0 Å². The van der Waals surface area contributed by atoms with Crippen LogP contribution in [-0.2, 0) is 11.2 Å². The Morgan fingerprint density at radius 1 is 1.04 bits per heavy atom. The summed E-state index contributed by atoms with van der Waals surface area (Å²) in [5, 5.41) is 2.94. The van der Waals surface area contributed by atoms with Crippen LogP contribution < -0.4 is 10.1 Å². The highest BCUT2D eigenvalue weighted by atomic mass is 16.5. The molecule has 2 aromatic carbocycles. The first-order valence-corrected chi connectivity index (χ1v) is 8.68. The average molecular weight is 339 g/mol. The van der Waals surface area contributed by atoms with E-state index in [1.165, 1.54) is 5.56 Å². The maximum atomic E-state index is 12.0. The number of amides is 1. The highest BCUT2D eigenvalue weighted by Gasteiger charge is 2.09. The number of Topliss-reactive ketones (excluding diaryl/α,β-unsaturated/α-hetero) is 1. The summed E-state index contributed by atoms with van der Waals surface area (Å²) in [6.45, 7) is 3.79. The molecule has 0 bridgehead atoms. The lowest BCUT2D eigenvalue weighted by Crippen LogP contribution is -2.36. The zero-order valence-corrected chi connectivity index (χ0v) is 14.8. The van der Waals surface area contributed by atoms with Gasteiger partial charge in [-0.05, 0) is 49.6 Å². The maximum absolute atomic E-state index is 12.0. The van der Waals surface area contributed by atoms with Crippen molar-refractivity contribution in [1.29, 1.82) is 0 Å². The summed E-state index contributed by atoms with van der Waals surface area (Å²) in [6.07, 6.45) is 2.28. The highest BCUT2D eigenvalue weighted by Crippen LogP contribution is 2.13. The van der Waals surface area contributed by atoms with Gasteiger partial charge in [0.15, 0.2) is 12.4 Å². The molecule has 4 heteroatoms. The second kappa shape index (κ2) is 9.62. The van der Waals surface area contributed by atoms with Gasteiger partial charge in [-0.25, -0.2) is 0 Å². The predicted octanol–water partition coefficient (Wildman–Crippen LogP) is 3.80. The zero-order chi connectivity index (χ0) is 18.1. The molecule has 2 rings (SSSR count). The molecule has 1 amide bonds. The number of rotatable bonds is 9. The van der Waals surface area contributed by atoms with Crippen LogP contribution in [0, 0.1) is 0 Å². The van der Waals surface area contributed by atoms with Crippen molar-refractivity contribution in [2.24, 2.45) is 0 Å². The lowest BCUT2D eigenvalue weighted by atomic mass is 10.1. The third kappa shape index (κ3) is 6.42. The summed E-state index contributed by atoms with van der Waals surface area (Å²) >= 11 is 0. The predicted molar refractivity (Wildman–Crippen MR) is 98.9 cm³/mol. The van der Waals surface area contributed by atoms with Crippen LogP contribution >= 0.6 is 0 Å². The molecule has 0 fully saturated rings. The first-order valence-electron chi connectivity index (χ1n) is 8.68. The largest absolute Gasteiger partial charge is 0.484 e. The molecule has 132 valence electrons. The van der Waals surface area contributed by atoms with E-state index >= 15 is 0 Å². The maximum Gasteiger partial charge on any atom is 0.258 e. The van der Waals surface area contributed by atoms with Gasteiger partial charge < -0.3 is 10.1 Å². The van der Waals surface area contributed by atoms with Crippen LogP contribution in [0.3, 0.4) is 0 Å². The minimum atomic E-state index is -0.144. The standard InChI is InChI=1S/C21H25NO3/c1-3-20(23)18-11-13-19(14-12-18)25-15-21(24)22-16(2)9-10-17-7-5-4-6-8-17/h4-8,11-14,16H,3,9-10,15H2,1-2H3,(H,22,24). The number of hydrogen-bond acceptors (Lipinski definition) is 3. The van der Waals surface area contributed by atoms with E-state index in [2.05, 4.69) is 17.4 Å². The molecule has 0 saturated heterocycles. The lowest BCUT2D eigenvalue weighted by molar-refractivity contribution is -0.123. The molecule has 0 aromatic heterocycles. The monoisotopic (exact) mass is 339 g/mol. The molecule has 0 heterocycles. The number of carbonyl (C=O) groups is 2. The molecule has 2 aromatic rings. The van der Waals surface area contributed by atoms with Gasteiger partial charge >= 0.3 is 0 Å². The molecule has 0 radical (unpaired) electrons. The van der Waals surface area contributed by atoms with E-state index < -0.39 is 0 Å². The molecule has 0 aliphatic heterocycles.